The standard InChI is InChI=1S/C25H20F2N2O4S/c1-15-3-9-20(11-16(15)2)34(32,33)23-13-29(22-10-6-18(27)12-21(22)25(23)31)14-24(30)28-19-7-4-17(26)5-8-19/h3-13H,14H2,1-2H3,(H,28,30). The topological polar surface area (TPSA) is 85.2 Å². The number of carbonyl (C=O) groups is 1. The highest BCUT2D eigenvalue weighted by atomic mass is 32.2. The zero-order valence-electron chi connectivity index (χ0n) is 18.3. The summed E-state index contributed by atoms with van der Waals surface area (Å²) >= 11 is 0. The largest absolute Gasteiger partial charge is 0.336 e. The lowest BCUT2D eigenvalue weighted by Gasteiger charge is -2.14. The number of sulfone groups is 1. The predicted molar refractivity (Wildman–Crippen MR) is 125 cm³/mol. The number of benzene rings is 3. The van der Waals surface area contributed by atoms with Crippen LogP contribution in [0.5, 0.6) is 0 Å². The Morgan fingerprint density at radius 3 is 2.26 bits per heavy atom. The van der Waals surface area contributed by atoms with Gasteiger partial charge in [0.05, 0.1) is 10.4 Å². The van der Waals surface area contributed by atoms with Crippen molar-refractivity contribution in [2.75, 3.05) is 5.32 Å². The zero-order chi connectivity index (χ0) is 24.6. The third kappa shape index (κ3) is 4.47. The van der Waals surface area contributed by atoms with Crippen molar-refractivity contribution in [1.82, 2.24) is 4.57 Å². The Bertz CT molecular complexity index is 1590. The van der Waals surface area contributed by atoms with Gasteiger partial charge in [0.1, 0.15) is 23.1 Å². The number of aryl methyl sites for hydroxylation is 2. The molecule has 1 heterocycles. The number of fused-ring (bicyclic) bond motifs is 1. The average molecular weight is 483 g/mol. The minimum Gasteiger partial charge on any atom is -0.336 e. The van der Waals surface area contributed by atoms with Gasteiger partial charge in [-0.05, 0) is 79.6 Å². The normalized spacial score (nSPS) is 11.5. The quantitative estimate of drug-likeness (QED) is 0.458. The predicted octanol–water partition coefficient (Wildman–Crippen LogP) is 4.37. The van der Waals surface area contributed by atoms with Gasteiger partial charge in [0.25, 0.3) is 0 Å². The van der Waals surface area contributed by atoms with Gasteiger partial charge in [-0.15, -0.1) is 0 Å². The Kier molecular flexibility index (Phi) is 6.05. The first-order chi connectivity index (χ1) is 16.1. The Morgan fingerprint density at radius 2 is 1.59 bits per heavy atom. The summed E-state index contributed by atoms with van der Waals surface area (Å²) < 4.78 is 55.1. The molecule has 0 aliphatic carbocycles. The average Bonchev–Trinajstić information content (AvgIpc) is 2.79. The highest BCUT2D eigenvalue weighted by Crippen LogP contribution is 2.24. The summed E-state index contributed by atoms with van der Waals surface area (Å²) in [4.78, 5) is 25.1. The van der Waals surface area contributed by atoms with Crippen molar-refractivity contribution < 1.29 is 22.0 Å². The molecule has 0 atom stereocenters. The molecular weight excluding hydrogens is 462 g/mol. The first kappa shape index (κ1) is 23.3. The molecule has 0 aliphatic heterocycles. The van der Waals surface area contributed by atoms with Gasteiger partial charge in [0, 0.05) is 17.3 Å². The second-order valence-electron chi connectivity index (χ2n) is 7.92. The number of rotatable bonds is 5. The molecule has 0 radical (unpaired) electrons. The van der Waals surface area contributed by atoms with E-state index in [2.05, 4.69) is 5.32 Å². The van der Waals surface area contributed by atoms with Crippen LogP contribution in [0.3, 0.4) is 0 Å². The molecule has 4 aromatic rings. The lowest BCUT2D eigenvalue weighted by Crippen LogP contribution is -2.24. The third-order valence-corrected chi connectivity index (χ3v) is 7.27. The van der Waals surface area contributed by atoms with Crippen LogP contribution in [-0.2, 0) is 21.2 Å². The first-order valence-corrected chi connectivity index (χ1v) is 11.7. The van der Waals surface area contributed by atoms with Crippen LogP contribution in [0, 0.1) is 25.5 Å². The van der Waals surface area contributed by atoms with Crippen molar-refractivity contribution >= 4 is 32.3 Å². The van der Waals surface area contributed by atoms with Crippen molar-refractivity contribution in [2.24, 2.45) is 0 Å². The Labute approximate surface area is 194 Å². The van der Waals surface area contributed by atoms with Gasteiger partial charge in [-0.2, -0.15) is 0 Å². The Morgan fingerprint density at radius 1 is 0.912 bits per heavy atom. The van der Waals surface area contributed by atoms with Crippen LogP contribution < -0.4 is 10.7 Å². The summed E-state index contributed by atoms with van der Waals surface area (Å²) in [5.74, 6) is -1.73. The number of hydrogen-bond acceptors (Lipinski definition) is 4. The second kappa shape index (κ2) is 8.83. The van der Waals surface area contributed by atoms with E-state index in [1.807, 2.05) is 6.92 Å². The van der Waals surface area contributed by atoms with Crippen LogP contribution >= 0.6 is 0 Å². The number of pyridine rings is 1. The second-order valence-corrected chi connectivity index (χ2v) is 9.83. The molecule has 34 heavy (non-hydrogen) atoms. The van der Waals surface area contributed by atoms with Gasteiger partial charge in [-0.1, -0.05) is 6.07 Å². The maximum Gasteiger partial charge on any atom is 0.244 e. The van der Waals surface area contributed by atoms with E-state index in [0.717, 1.165) is 29.5 Å². The number of amides is 1. The van der Waals surface area contributed by atoms with Crippen molar-refractivity contribution in [3.05, 3.63) is 99.8 Å². The first-order valence-electron chi connectivity index (χ1n) is 10.3. The number of hydrogen-bond donors (Lipinski definition) is 1. The van der Waals surface area contributed by atoms with Gasteiger partial charge in [0.15, 0.2) is 0 Å². The Hall–Kier alpha value is -3.85. The molecule has 1 N–H and O–H groups in total. The number of anilines is 1. The van der Waals surface area contributed by atoms with Crippen LogP contribution in [-0.4, -0.2) is 18.9 Å². The molecule has 0 unspecified atom stereocenters. The van der Waals surface area contributed by atoms with Crippen LogP contribution in [0.25, 0.3) is 10.9 Å². The maximum absolute atomic E-state index is 14.0. The molecule has 1 amide bonds. The Balaban J connectivity index is 1.83. The molecule has 9 heteroatoms. The fourth-order valence-electron chi connectivity index (χ4n) is 3.56. The van der Waals surface area contributed by atoms with Gasteiger partial charge in [0.2, 0.25) is 21.2 Å². The molecule has 4 rings (SSSR count). The SMILES string of the molecule is Cc1ccc(S(=O)(=O)c2cn(CC(=O)Nc3ccc(F)cc3)c3ccc(F)cc3c2=O)cc1C. The van der Waals surface area contributed by atoms with E-state index in [0.29, 0.717) is 5.69 Å². The van der Waals surface area contributed by atoms with E-state index >= 15 is 0 Å². The highest BCUT2D eigenvalue weighted by molar-refractivity contribution is 7.91. The number of carbonyl (C=O) groups excluding carboxylic acids is 1. The van der Waals surface area contributed by atoms with Gasteiger partial charge < -0.3 is 9.88 Å². The smallest absolute Gasteiger partial charge is 0.244 e. The molecule has 3 aromatic carbocycles. The number of aromatic nitrogens is 1. The summed E-state index contributed by atoms with van der Waals surface area (Å²) in [7, 11) is -4.26. The number of nitrogens with zero attached hydrogens (tertiary/aromatic N) is 1. The van der Waals surface area contributed by atoms with E-state index in [4.69, 9.17) is 0 Å². The summed E-state index contributed by atoms with van der Waals surface area (Å²) in [6, 6.07) is 13.0. The summed E-state index contributed by atoms with van der Waals surface area (Å²) in [6.45, 7) is 3.22. The molecule has 0 saturated heterocycles. The van der Waals surface area contributed by atoms with E-state index < -0.39 is 37.7 Å². The van der Waals surface area contributed by atoms with Gasteiger partial charge >= 0.3 is 0 Å². The van der Waals surface area contributed by atoms with Gasteiger partial charge in [-0.25, -0.2) is 17.2 Å². The molecule has 1 aromatic heterocycles. The van der Waals surface area contributed by atoms with Crippen LogP contribution in [0.15, 0.2) is 81.4 Å². The minimum absolute atomic E-state index is 0.0780. The highest BCUT2D eigenvalue weighted by Gasteiger charge is 2.25. The molecule has 0 fully saturated rings. The molecular formula is C25H20F2N2O4S. The fraction of sp³-hybridized carbons (Fsp3) is 0.120. The molecule has 174 valence electrons. The van der Waals surface area contributed by atoms with Crippen molar-refractivity contribution in [3.63, 3.8) is 0 Å². The minimum atomic E-state index is -4.26. The van der Waals surface area contributed by atoms with Gasteiger partial charge in [-0.3, -0.25) is 9.59 Å². The van der Waals surface area contributed by atoms with E-state index in [1.54, 1.807) is 13.0 Å². The fourth-order valence-corrected chi connectivity index (χ4v) is 5.01. The maximum atomic E-state index is 14.0. The van der Waals surface area contributed by atoms with E-state index in [-0.39, 0.29) is 22.3 Å². The molecule has 0 saturated carbocycles. The van der Waals surface area contributed by atoms with Crippen molar-refractivity contribution in [2.45, 2.75) is 30.2 Å². The zero-order valence-corrected chi connectivity index (χ0v) is 19.1. The number of halogens is 2. The van der Waals surface area contributed by atoms with E-state index in [1.165, 1.54) is 47.0 Å². The van der Waals surface area contributed by atoms with Crippen LogP contribution in [0.4, 0.5) is 14.5 Å². The van der Waals surface area contributed by atoms with E-state index in [9.17, 15) is 26.8 Å². The lowest BCUT2D eigenvalue weighted by molar-refractivity contribution is -0.116. The molecule has 0 bridgehead atoms. The van der Waals surface area contributed by atoms with Crippen LogP contribution in [0.1, 0.15) is 11.1 Å². The summed E-state index contributed by atoms with van der Waals surface area (Å²) in [5, 5.41) is 2.42. The third-order valence-electron chi connectivity index (χ3n) is 5.53. The molecule has 0 aliphatic rings. The summed E-state index contributed by atoms with van der Waals surface area (Å²) in [5.41, 5.74) is 1.29. The van der Waals surface area contributed by atoms with Crippen LogP contribution in [0.2, 0.25) is 0 Å². The molecule has 0 spiro atoms. The number of nitrogens with one attached hydrogen (secondary N) is 1. The van der Waals surface area contributed by atoms with Crippen molar-refractivity contribution in [1.29, 1.82) is 0 Å². The lowest BCUT2D eigenvalue weighted by atomic mass is 10.1. The molecule has 6 nitrogen and oxygen atoms in total. The summed E-state index contributed by atoms with van der Waals surface area (Å²) in [6.07, 6.45) is 1.09. The van der Waals surface area contributed by atoms with Crippen molar-refractivity contribution in [3.8, 4) is 0 Å². The monoisotopic (exact) mass is 482 g/mol.